The Morgan fingerprint density at radius 1 is 1.36 bits per heavy atom. The molecule has 1 fully saturated rings. The SMILES string of the molecule is O=C(NCC1CC1)Oc1ccccc1. The smallest absolute Gasteiger partial charge is 0.410 e. The van der Waals surface area contributed by atoms with Gasteiger partial charge in [0, 0.05) is 6.54 Å². The number of amides is 1. The largest absolute Gasteiger partial charge is 0.412 e. The molecule has 0 heterocycles. The lowest BCUT2D eigenvalue weighted by Gasteiger charge is -2.04. The third-order valence-corrected chi connectivity index (χ3v) is 2.19. The van der Waals surface area contributed by atoms with Gasteiger partial charge in [-0.15, -0.1) is 0 Å². The van der Waals surface area contributed by atoms with Gasteiger partial charge in [-0.3, -0.25) is 0 Å². The summed E-state index contributed by atoms with van der Waals surface area (Å²) in [5.41, 5.74) is 0. The average molecular weight is 191 g/mol. The molecule has 1 aliphatic carbocycles. The molecule has 1 aromatic carbocycles. The van der Waals surface area contributed by atoms with Gasteiger partial charge < -0.3 is 10.1 Å². The Bertz CT molecular complexity index is 306. The van der Waals surface area contributed by atoms with E-state index in [0.717, 1.165) is 6.54 Å². The van der Waals surface area contributed by atoms with E-state index in [2.05, 4.69) is 5.32 Å². The van der Waals surface area contributed by atoms with Crippen molar-refractivity contribution in [2.45, 2.75) is 12.8 Å². The molecule has 0 radical (unpaired) electrons. The summed E-state index contributed by atoms with van der Waals surface area (Å²) in [6, 6.07) is 9.08. The maximum atomic E-state index is 11.2. The van der Waals surface area contributed by atoms with Crippen LogP contribution < -0.4 is 10.1 Å². The number of ether oxygens (including phenoxy) is 1. The highest BCUT2D eigenvalue weighted by Gasteiger charge is 2.21. The van der Waals surface area contributed by atoms with Crippen LogP contribution in [0, 0.1) is 5.92 Å². The highest BCUT2D eigenvalue weighted by Crippen LogP contribution is 2.27. The van der Waals surface area contributed by atoms with E-state index in [-0.39, 0.29) is 6.09 Å². The molecular weight excluding hydrogens is 178 g/mol. The van der Waals surface area contributed by atoms with Gasteiger partial charge in [0.2, 0.25) is 0 Å². The van der Waals surface area contributed by atoms with Gasteiger partial charge in [0.05, 0.1) is 0 Å². The monoisotopic (exact) mass is 191 g/mol. The predicted molar refractivity (Wildman–Crippen MR) is 53.2 cm³/mol. The number of para-hydroxylation sites is 1. The minimum absolute atomic E-state index is 0.358. The molecule has 2 rings (SSSR count). The number of carbonyl (C=O) groups excluding carboxylic acids is 1. The zero-order valence-corrected chi connectivity index (χ0v) is 7.90. The van der Waals surface area contributed by atoms with Crippen LogP contribution >= 0.6 is 0 Å². The van der Waals surface area contributed by atoms with E-state index in [1.807, 2.05) is 18.2 Å². The van der Waals surface area contributed by atoms with E-state index in [1.165, 1.54) is 12.8 Å². The van der Waals surface area contributed by atoms with Crippen LogP contribution in [-0.2, 0) is 0 Å². The van der Waals surface area contributed by atoms with Crippen molar-refractivity contribution in [3.63, 3.8) is 0 Å². The van der Waals surface area contributed by atoms with E-state index in [4.69, 9.17) is 4.74 Å². The Hall–Kier alpha value is -1.51. The molecule has 1 N–H and O–H groups in total. The van der Waals surface area contributed by atoms with Crippen LogP contribution in [0.1, 0.15) is 12.8 Å². The molecule has 1 amide bonds. The Morgan fingerprint density at radius 2 is 2.07 bits per heavy atom. The van der Waals surface area contributed by atoms with Crippen molar-refractivity contribution in [2.24, 2.45) is 5.92 Å². The van der Waals surface area contributed by atoms with Gasteiger partial charge in [0.25, 0.3) is 0 Å². The van der Waals surface area contributed by atoms with Crippen molar-refractivity contribution >= 4 is 6.09 Å². The summed E-state index contributed by atoms with van der Waals surface area (Å²) >= 11 is 0. The Kier molecular flexibility index (Phi) is 2.68. The summed E-state index contributed by atoms with van der Waals surface area (Å²) < 4.78 is 5.04. The lowest BCUT2D eigenvalue weighted by Crippen LogP contribution is -2.28. The molecule has 14 heavy (non-hydrogen) atoms. The molecule has 0 aromatic heterocycles. The summed E-state index contributed by atoms with van der Waals surface area (Å²) in [6.07, 6.45) is 2.10. The van der Waals surface area contributed by atoms with Crippen molar-refractivity contribution in [3.8, 4) is 5.75 Å². The molecule has 0 bridgehead atoms. The first-order chi connectivity index (χ1) is 6.84. The minimum atomic E-state index is -0.358. The van der Waals surface area contributed by atoms with Crippen LogP contribution in [0.4, 0.5) is 4.79 Å². The van der Waals surface area contributed by atoms with Crippen LogP contribution in [0.25, 0.3) is 0 Å². The molecule has 1 aliphatic rings. The fourth-order valence-electron chi connectivity index (χ4n) is 1.18. The fraction of sp³-hybridized carbons (Fsp3) is 0.364. The van der Waals surface area contributed by atoms with E-state index >= 15 is 0 Å². The molecule has 0 aliphatic heterocycles. The first kappa shape index (κ1) is 9.06. The maximum Gasteiger partial charge on any atom is 0.412 e. The standard InChI is InChI=1S/C11H13NO2/c13-11(12-8-9-6-7-9)14-10-4-2-1-3-5-10/h1-5,9H,6-8H2,(H,12,13). The van der Waals surface area contributed by atoms with E-state index < -0.39 is 0 Å². The van der Waals surface area contributed by atoms with Crippen LogP contribution in [0.5, 0.6) is 5.75 Å². The molecule has 0 spiro atoms. The van der Waals surface area contributed by atoms with Gasteiger partial charge >= 0.3 is 6.09 Å². The van der Waals surface area contributed by atoms with Crippen molar-refractivity contribution in [2.75, 3.05) is 6.54 Å². The summed E-state index contributed by atoms with van der Waals surface area (Å²) in [4.78, 5) is 11.2. The Labute approximate surface area is 83.1 Å². The number of hydrogen-bond acceptors (Lipinski definition) is 2. The lowest BCUT2D eigenvalue weighted by atomic mass is 10.3. The second-order valence-electron chi connectivity index (χ2n) is 3.53. The molecule has 74 valence electrons. The molecule has 1 saturated carbocycles. The molecule has 1 aromatic rings. The van der Waals surface area contributed by atoms with Gasteiger partial charge in [-0.05, 0) is 30.9 Å². The van der Waals surface area contributed by atoms with Crippen molar-refractivity contribution < 1.29 is 9.53 Å². The number of nitrogens with one attached hydrogen (secondary N) is 1. The van der Waals surface area contributed by atoms with Crippen LogP contribution in [0.3, 0.4) is 0 Å². The number of carbonyl (C=O) groups is 1. The molecule has 3 nitrogen and oxygen atoms in total. The van der Waals surface area contributed by atoms with Crippen molar-refractivity contribution in [1.29, 1.82) is 0 Å². The normalized spacial score (nSPS) is 14.9. The zero-order valence-electron chi connectivity index (χ0n) is 7.90. The molecule has 0 saturated heterocycles. The third kappa shape index (κ3) is 2.76. The van der Waals surface area contributed by atoms with E-state index in [9.17, 15) is 4.79 Å². The number of hydrogen-bond donors (Lipinski definition) is 1. The quantitative estimate of drug-likeness (QED) is 0.795. The summed E-state index contributed by atoms with van der Waals surface area (Å²) in [6.45, 7) is 0.742. The Balaban J connectivity index is 1.76. The van der Waals surface area contributed by atoms with Crippen LogP contribution in [0.15, 0.2) is 30.3 Å². The molecule has 0 atom stereocenters. The van der Waals surface area contributed by atoms with Gasteiger partial charge in [-0.25, -0.2) is 4.79 Å². The average Bonchev–Trinajstić information content (AvgIpc) is 3.00. The topological polar surface area (TPSA) is 38.3 Å². The minimum Gasteiger partial charge on any atom is -0.410 e. The predicted octanol–water partition coefficient (Wildman–Crippen LogP) is 2.19. The lowest BCUT2D eigenvalue weighted by molar-refractivity contribution is 0.200. The highest BCUT2D eigenvalue weighted by atomic mass is 16.5. The van der Waals surface area contributed by atoms with Gasteiger partial charge in [-0.1, -0.05) is 18.2 Å². The fourth-order valence-corrected chi connectivity index (χ4v) is 1.18. The second kappa shape index (κ2) is 4.13. The molecule has 0 unspecified atom stereocenters. The Morgan fingerprint density at radius 3 is 2.71 bits per heavy atom. The number of rotatable bonds is 3. The van der Waals surface area contributed by atoms with Gasteiger partial charge in [0.15, 0.2) is 0 Å². The van der Waals surface area contributed by atoms with E-state index in [0.29, 0.717) is 11.7 Å². The summed E-state index contributed by atoms with van der Waals surface area (Å²) in [7, 11) is 0. The van der Waals surface area contributed by atoms with Crippen LogP contribution in [0.2, 0.25) is 0 Å². The molecule has 3 heteroatoms. The van der Waals surface area contributed by atoms with Gasteiger partial charge in [0.1, 0.15) is 5.75 Å². The van der Waals surface area contributed by atoms with Crippen molar-refractivity contribution in [1.82, 2.24) is 5.32 Å². The van der Waals surface area contributed by atoms with Crippen molar-refractivity contribution in [3.05, 3.63) is 30.3 Å². The van der Waals surface area contributed by atoms with Gasteiger partial charge in [-0.2, -0.15) is 0 Å². The summed E-state index contributed by atoms with van der Waals surface area (Å²) in [5.74, 6) is 1.26. The van der Waals surface area contributed by atoms with Crippen LogP contribution in [-0.4, -0.2) is 12.6 Å². The maximum absolute atomic E-state index is 11.2. The third-order valence-electron chi connectivity index (χ3n) is 2.19. The zero-order chi connectivity index (χ0) is 9.80. The summed E-state index contributed by atoms with van der Waals surface area (Å²) in [5, 5.41) is 2.73. The second-order valence-corrected chi connectivity index (χ2v) is 3.53. The van der Waals surface area contributed by atoms with E-state index in [1.54, 1.807) is 12.1 Å². The number of benzene rings is 1. The molecular formula is C11H13NO2. The first-order valence-electron chi connectivity index (χ1n) is 4.85. The first-order valence-corrected chi connectivity index (χ1v) is 4.85. The highest BCUT2D eigenvalue weighted by molar-refractivity contribution is 5.70.